The number of carboxylic acid groups (broad SMARTS) is 1. The highest BCUT2D eigenvalue weighted by molar-refractivity contribution is 5.87. The summed E-state index contributed by atoms with van der Waals surface area (Å²) in [6, 6.07) is 14.7. The molecule has 1 aliphatic rings. The first-order valence-electron chi connectivity index (χ1n) is 8.98. The Morgan fingerprint density at radius 3 is 2.23 bits per heavy atom. The van der Waals surface area contributed by atoms with E-state index in [1.165, 1.54) is 6.07 Å². The first-order valence-corrected chi connectivity index (χ1v) is 8.98. The van der Waals surface area contributed by atoms with Crippen LogP contribution < -0.4 is 0 Å². The number of aromatic carboxylic acids is 1. The lowest BCUT2D eigenvalue weighted by atomic mass is 10.0. The molecular weight excluding hydrogens is 331 g/mol. The molecule has 26 heavy (non-hydrogen) atoms. The van der Waals surface area contributed by atoms with E-state index in [9.17, 15) is 9.18 Å². The van der Waals surface area contributed by atoms with Crippen LogP contribution >= 0.6 is 0 Å². The number of rotatable bonds is 5. The van der Waals surface area contributed by atoms with Crippen molar-refractivity contribution in [2.45, 2.75) is 39.0 Å². The van der Waals surface area contributed by atoms with Gasteiger partial charge in [-0.05, 0) is 37.6 Å². The Labute approximate surface area is 153 Å². The molecule has 0 amide bonds. The lowest BCUT2D eigenvalue weighted by Crippen LogP contribution is -2.55. The average Bonchev–Trinajstić information content (AvgIpc) is 2.60. The maximum absolute atomic E-state index is 14.0. The van der Waals surface area contributed by atoms with E-state index in [-0.39, 0.29) is 5.82 Å². The SMILES string of the molecule is C[C@@H]1CN(Cc2ccc(C(=O)O)cc2)C[C@H](C)N1Cc1ccccc1F. The highest BCUT2D eigenvalue weighted by Crippen LogP contribution is 2.21. The van der Waals surface area contributed by atoms with Crippen molar-refractivity contribution in [1.82, 2.24) is 9.80 Å². The number of carboxylic acids is 1. The quantitative estimate of drug-likeness (QED) is 0.889. The van der Waals surface area contributed by atoms with Gasteiger partial charge in [0.05, 0.1) is 5.56 Å². The standard InChI is InChI=1S/C21H25FN2O2/c1-15-11-23(13-17-7-9-18(10-8-17)21(25)26)12-16(2)24(15)14-19-5-3-4-6-20(19)22/h3-10,15-16H,11-14H2,1-2H3,(H,25,26)/t15-,16+. The lowest BCUT2D eigenvalue weighted by Gasteiger charge is -2.44. The van der Waals surface area contributed by atoms with Gasteiger partial charge in [-0.1, -0.05) is 30.3 Å². The fraction of sp³-hybridized carbons (Fsp3) is 0.381. The number of hydrogen-bond donors (Lipinski definition) is 1. The Morgan fingerprint density at radius 1 is 1.04 bits per heavy atom. The van der Waals surface area contributed by atoms with Crippen LogP contribution in [0, 0.1) is 5.82 Å². The van der Waals surface area contributed by atoms with Crippen LogP contribution in [0.1, 0.15) is 35.3 Å². The van der Waals surface area contributed by atoms with Crippen LogP contribution in [0.15, 0.2) is 48.5 Å². The van der Waals surface area contributed by atoms with Crippen molar-refractivity contribution in [3.05, 3.63) is 71.0 Å². The van der Waals surface area contributed by atoms with Crippen LogP contribution in [-0.2, 0) is 13.1 Å². The maximum Gasteiger partial charge on any atom is 0.335 e. The van der Waals surface area contributed by atoms with E-state index in [0.717, 1.165) is 30.8 Å². The van der Waals surface area contributed by atoms with Crippen molar-refractivity contribution in [2.75, 3.05) is 13.1 Å². The van der Waals surface area contributed by atoms with E-state index < -0.39 is 5.97 Å². The van der Waals surface area contributed by atoms with Gasteiger partial charge in [-0.2, -0.15) is 0 Å². The van der Waals surface area contributed by atoms with Crippen molar-refractivity contribution in [3.8, 4) is 0 Å². The fourth-order valence-corrected chi connectivity index (χ4v) is 3.74. The summed E-state index contributed by atoms with van der Waals surface area (Å²) in [6.07, 6.45) is 0. The Morgan fingerprint density at radius 2 is 1.65 bits per heavy atom. The van der Waals surface area contributed by atoms with Gasteiger partial charge in [0.25, 0.3) is 0 Å². The van der Waals surface area contributed by atoms with Gasteiger partial charge in [0.1, 0.15) is 5.82 Å². The van der Waals surface area contributed by atoms with Crippen LogP contribution in [0.2, 0.25) is 0 Å². The second kappa shape index (κ2) is 7.98. The van der Waals surface area contributed by atoms with E-state index in [0.29, 0.717) is 24.2 Å². The molecular formula is C21H25FN2O2. The van der Waals surface area contributed by atoms with E-state index in [4.69, 9.17) is 5.11 Å². The molecule has 0 bridgehead atoms. The van der Waals surface area contributed by atoms with Gasteiger partial charge < -0.3 is 5.11 Å². The second-order valence-corrected chi connectivity index (χ2v) is 7.16. The van der Waals surface area contributed by atoms with Crippen molar-refractivity contribution in [1.29, 1.82) is 0 Å². The molecule has 5 heteroatoms. The van der Waals surface area contributed by atoms with Crippen molar-refractivity contribution >= 4 is 5.97 Å². The highest BCUT2D eigenvalue weighted by atomic mass is 19.1. The van der Waals surface area contributed by atoms with Crippen molar-refractivity contribution in [2.24, 2.45) is 0 Å². The molecule has 0 unspecified atom stereocenters. The van der Waals surface area contributed by atoms with Crippen molar-refractivity contribution < 1.29 is 14.3 Å². The molecule has 2 aromatic rings. The highest BCUT2D eigenvalue weighted by Gasteiger charge is 2.29. The van der Waals surface area contributed by atoms with Crippen LogP contribution in [0.25, 0.3) is 0 Å². The monoisotopic (exact) mass is 356 g/mol. The first kappa shape index (κ1) is 18.5. The lowest BCUT2D eigenvalue weighted by molar-refractivity contribution is 0.0283. The van der Waals surface area contributed by atoms with E-state index in [1.807, 2.05) is 24.3 Å². The second-order valence-electron chi connectivity index (χ2n) is 7.16. The van der Waals surface area contributed by atoms with Gasteiger partial charge in [-0.15, -0.1) is 0 Å². The third-order valence-corrected chi connectivity index (χ3v) is 5.09. The van der Waals surface area contributed by atoms with Gasteiger partial charge in [0, 0.05) is 43.8 Å². The Bertz CT molecular complexity index is 751. The summed E-state index contributed by atoms with van der Waals surface area (Å²) in [5.74, 6) is -1.05. The van der Waals surface area contributed by atoms with Crippen molar-refractivity contribution in [3.63, 3.8) is 0 Å². The molecule has 1 saturated heterocycles. The van der Waals surface area contributed by atoms with Crippen LogP contribution in [0.3, 0.4) is 0 Å². The Hall–Kier alpha value is -2.24. The van der Waals surface area contributed by atoms with Gasteiger partial charge in [0.2, 0.25) is 0 Å². The summed E-state index contributed by atoms with van der Waals surface area (Å²) < 4.78 is 14.0. The molecule has 0 radical (unpaired) electrons. The molecule has 3 rings (SSSR count). The Balaban J connectivity index is 1.62. The minimum atomic E-state index is -0.902. The molecule has 0 aromatic heterocycles. The molecule has 2 atom stereocenters. The largest absolute Gasteiger partial charge is 0.478 e. The van der Waals surface area contributed by atoms with Gasteiger partial charge in [-0.25, -0.2) is 9.18 Å². The normalized spacial score (nSPS) is 21.7. The predicted octanol–water partition coefficient (Wildman–Crippen LogP) is 3.62. The number of benzene rings is 2. The van der Waals surface area contributed by atoms with E-state index in [2.05, 4.69) is 23.6 Å². The summed E-state index contributed by atoms with van der Waals surface area (Å²) in [4.78, 5) is 15.7. The van der Waals surface area contributed by atoms with Gasteiger partial charge in [-0.3, -0.25) is 9.80 Å². The summed E-state index contributed by atoms with van der Waals surface area (Å²) in [7, 11) is 0. The Kier molecular flexibility index (Phi) is 5.69. The average molecular weight is 356 g/mol. The summed E-state index contributed by atoms with van der Waals surface area (Å²) in [6.45, 7) is 7.57. The molecule has 1 fully saturated rings. The topological polar surface area (TPSA) is 43.8 Å². The zero-order valence-corrected chi connectivity index (χ0v) is 15.2. The molecule has 0 spiro atoms. The zero-order chi connectivity index (χ0) is 18.7. The van der Waals surface area contributed by atoms with E-state index in [1.54, 1.807) is 18.2 Å². The summed E-state index contributed by atoms with van der Waals surface area (Å²) >= 11 is 0. The van der Waals surface area contributed by atoms with Crippen LogP contribution in [0.5, 0.6) is 0 Å². The third-order valence-electron chi connectivity index (χ3n) is 5.09. The molecule has 4 nitrogen and oxygen atoms in total. The first-order chi connectivity index (χ1) is 12.4. The molecule has 2 aromatic carbocycles. The number of carbonyl (C=O) groups is 1. The minimum Gasteiger partial charge on any atom is -0.478 e. The number of piperazine rings is 1. The summed E-state index contributed by atoms with van der Waals surface area (Å²) in [5.41, 5.74) is 2.16. The van der Waals surface area contributed by atoms with Crippen LogP contribution in [-0.4, -0.2) is 46.0 Å². The molecule has 1 heterocycles. The molecule has 0 aliphatic carbocycles. The third kappa shape index (κ3) is 4.29. The number of hydrogen-bond acceptors (Lipinski definition) is 3. The number of halogens is 1. The van der Waals surface area contributed by atoms with Crippen LogP contribution in [0.4, 0.5) is 4.39 Å². The smallest absolute Gasteiger partial charge is 0.335 e. The molecule has 138 valence electrons. The zero-order valence-electron chi connectivity index (χ0n) is 15.2. The molecule has 1 aliphatic heterocycles. The predicted molar refractivity (Wildman–Crippen MR) is 99.5 cm³/mol. The van der Waals surface area contributed by atoms with Gasteiger partial charge >= 0.3 is 5.97 Å². The fourth-order valence-electron chi connectivity index (χ4n) is 3.74. The molecule has 0 saturated carbocycles. The number of nitrogens with zero attached hydrogens (tertiary/aromatic N) is 2. The maximum atomic E-state index is 14.0. The minimum absolute atomic E-state index is 0.146. The van der Waals surface area contributed by atoms with E-state index >= 15 is 0 Å². The van der Waals surface area contributed by atoms with Gasteiger partial charge in [0.15, 0.2) is 0 Å². The molecule has 1 N–H and O–H groups in total. The summed E-state index contributed by atoms with van der Waals surface area (Å²) in [5, 5.41) is 8.99.